The normalized spacial score (nSPS) is 24.4. The van der Waals surface area contributed by atoms with Crippen molar-refractivity contribution < 1.29 is 9.18 Å². The van der Waals surface area contributed by atoms with Crippen LogP contribution in [0.1, 0.15) is 57.4 Å². The van der Waals surface area contributed by atoms with Crippen molar-refractivity contribution in [2.45, 2.75) is 57.4 Å². The average molecular weight is 433 g/mol. The molecule has 6 rings (SSSR count). The summed E-state index contributed by atoms with van der Waals surface area (Å²) < 4.78 is 18.1. The van der Waals surface area contributed by atoms with Crippen LogP contribution in [-0.2, 0) is 4.79 Å². The Balaban J connectivity index is 1.41. The Morgan fingerprint density at radius 3 is 2.66 bits per heavy atom. The summed E-state index contributed by atoms with van der Waals surface area (Å²) in [6.45, 7) is 0.348. The Kier molecular flexibility index (Phi) is 4.32. The van der Waals surface area contributed by atoms with E-state index >= 15 is 0 Å². The number of carbonyl (C=O) groups is 1. The Labute approximate surface area is 184 Å². The summed E-state index contributed by atoms with van der Waals surface area (Å²) in [6, 6.07) is 2.67. The van der Waals surface area contributed by atoms with E-state index in [0.717, 1.165) is 37.4 Å². The summed E-state index contributed by atoms with van der Waals surface area (Å²) in [6.07, 6.45) is 14.7. The molecule has 0 unspecified atom stereocenters. The SMILES string of the molecule is N#C[C@@]1(C2CC2)CCN(c2nc(-c3cnn(C4CCCCC4)c3)cn3ncc(F)c23)C1=O. The second-order valence-corrected chi connectivity index (χ2v) is 9.30. The molecule has 3 aromatic heterocycles. The van der Waals surface area contributed by atoms with Crippen LogP contribution < -0.4 is 4.90 Å². The van der Waals surface area contributed by atoms with Gasteiger partial charge in [-0.05, 0) is 38.0 Å². The van der Waals surface area contributed by atoms with Crippen LogP contribution >= 0.6 is 0 Å². The van der Waals surface area contributed by atoms with Crippen LogP contribution in [0, 0.1) is 28.5 Å². The van der Waals surface area contributed by atoms with Gasteiger partial charge < -0.3 is 0 Å². The number of nitriles is 1. The fraction of sp³-hybridized carbons (Fsp3) is 0.522. The zero-order valence-corrected chi connectivity index (χ0v) is 17.7. The number of rotatable bonds is 4. The van der Waals surface area contributed by atoms with Crippen LogP contribution in [0.4, 0.5) is 10.2 Å². The highest BCUT2D eigenvalue weighted by Crippen LogP contribution is 2.52. The van der Waals surface area contributed by atoms with Gasteiger partial charge in [0.15, 0.2) is 11.6 Å². The quantitative estimate of drug-likeness (QED) is 0.622. The molecular formula is C23H24FN7O. The summed E-state index contributed by atoms with van der Waals surface area (Å²) in [5, 5.41) is 18.5. The monoisotopic (exact) mass is 433 g/mol. The van der Waals surface area contributed by atoms with Gasteiger partial charge in [-0.25, -0.2) is 13.9 Å². The molecule has 0 spiro atoms. The number of hydrogen-bond acceptors (Lipinski definition) is 5. The molecule has 4 heterocycles. The van der Waals surface area contributed by atoms with Crippen molar-refractivity contribution in [3.8, 4) is 17.3 Å². The van der Waals surface area contributed by atoms with Gasteiger partial charge in [0, 0.05) is 18.3 Å². The highest BCUT2D eigenvalue weighted by molar-refractivity contribution is 6.04. The van der Waals surface area contributed by atoms with Crippen molar-refractivity contribution >= 4 is 17.2 Å². The van der Waals surface area contributed by atoms with Crippen molar-refractivity contribution in [3.63, 3.8) is 0 Å². The van der Waals surface area contributed by atoms with E-state index in [0.29, 0.717) is 24.7 Å². The Bertz CT molecular complexity index is 1250. The molecule has 0 N–H and O–H groups in total. The molecule has 2 saturated carbocycles. The van der Waals surface area contributed by atoms with Crippen LogP contribution in [0.2, 0.25) is 0 Å². The average Bonchev–Trinajstić information content (AvgIpc) is 3.29. The second-order valence-electron chi connectivity index (χ2n) is 9.30. The summed E-state index contributed by atoms with van der Waals surface area (Å²) >= 11 is 0. The molecule has 1 amide bonds. The number of hydrogen-bond donors (Lipinski definition) is 0. The maximum Gasteiger partial charge on any atom is 0.249 e. The van der Waals surface area contributed by atoms with E-state index in [1.54, 1.807) is 12.4 Å². The van der Waals surface area contributed by atoms with Crippen LogP contribution in [0.3, 0.4) is 0 Å². The van der Waals surface area contributed by atoms with Gasteiger partial charge in [-0.3, -0.25) is 14.4 Å². The van der Waals surface area contributed by atoms with Gasteiger partial charge in [0.2, 0.25) is 5.91 Å². The molecule has 3 fully saturated rings. The van der Waals surface area contributed by atoms with Gasteiger partial charge in [-0.2, -0.15) is 15.5 Å². The van der Waals surface area contributed by atoms with Crippen LogP contribution in [0.15, 0.2) is 24.8 Å². The van der Waals surface area contributed by atoms with Gasteiger partial charge in [-0.1, -0.05) is 19.3 Å². The lowest BCUT2D eigenvalue weighted by Gasteiger charge is -2.22. The topological polar surface area (TPSA) is 92.1 Å². The van der Waals surface area contributed by atoms with E-state index in [4.69, 9.17) is 4.98 Å². The van der Waals surface area contributed by atoms with Gasteiger partial charge >= 0.3 is 0 Å². The molecule has 2 aliphatic carbocycles. The first-order chi connectivity index (χ1) is 15.6. The van der Waals surface area contributed by atoms with Crippen molar-refractivity contribution in [1.29, 1.82) is 5.26 Å². The molecule has 0 bridgehead atoms. The molecule has 3 aromatic rings. The number of halogens is 1. The molecule has 3 aliphatic rings. The lowest BCUT2D eigenvalue weighted by atomic mass is 9.83. The second kappa shape index (κ2) is 7.12. The molecule has 0 radical (unpaired) electrons. The maximum absolute atomic E-state index is 14.7. The van der Waals surface area contributed by atoms with E-state index in [1.165, 1.54) is 28.7 Å². The van der Waals surface area contributed by atoms with Gasteiger partial charge in [0.1, 0.15) is 10.9 Å². The van der Waals surface area contributed by atoms with Crippen LogP contribution in [-0.4, -0.2) is 36.8 Å². The Hall–Kier alpha value is -3.28. The summed E-state index contributed by atoms with van der Waals surface area (Å²) in [5.41, 5.74) is 0.518. The zero-order chi connectivity index (χ0) is 21.9. The fourth-order valence-electron chi connectivity index (χ4n) is 5.39. The highest BCUT2D eigenvalue weighted by Gasteiger charge is 2.57. The summed E-state index contributed by atoms with van der Waals surface area (Å²) in [4.78, 5) is 19.6. The zero-order valence-electron chi connectivity index (χ0n) is 17.7. The van der Waals surface area contributed by atoms with E-state index < -0.39 is 11.2 Å². The van der Waals surface area contributed by atoms with E-state index in [1.807, 2.05) is 10.9 Å². The number of nitrogens with zero attached hydrogens (tertiary/aromatic N) is 7. The standard InChI is InChI=1S/C23H24FN7O/c24-18-11-27-31-13-19(15-10-26-30(12-15)17-4-2-1-3-5-17)28-21(20(18)31)29-9-8-23(14-25,22(29)32)16-6-7-16/h10-13,16-17H,1-9H2/t23-/m1/s1. The van der Waals surface area contributed by atoms with Gasteiger partial charge in [-0.15, -0.1) is 0 Å². The predicted molar refractivity (Wildman–Crippen MR) is 114 cm³/mol. The lowest BCUT2D eigenvalue weighted by molar-refractivity contribution is -0.123. The number of aromatic nitrogens is 5. The molecule has 164 valence electrons. The van der Waals surface area contributed by atoms with Crippen molar-refractivity contribution in [2.75, 3.05) is 11.4 Å². The molecule has 1 atom stereocenters. The third kappa shape index (κ3) is 2.85. The maximum atomic E-state index is 14.7. The van der Waals surface area contributed by atoms with Crippen molar-refractivity contribution in [3.05, 3.63) is 30.6 Å². The summed E-state index contributed by atoms with van der Waals surface area (Å²) in [5.74, 6) is -0.489. The number of carbonyl (C=O) groups excluding carboxylic acids is 1. The molecule has 0 aromatic carbocycles. The molecular weight excluding hydrogens is 409 g/mol. The minimum atomic E-state index is -1.02. The molecule has 8 nitrogen and oxygen atoms in total. The Morgan fingerprint density at radius 1 is 1.09 bits per heavy atom. The van der Waals surface area contributed by atoms with E-state index in [2.05, 4.69) is 16.3 Å². The molecule has 1 aliphatic heterocycles. The molecule has 32 heavy (non-hydrogen) atoms. The minimum Gasteiger partial charge on any atom is -0.293 e. The number of fused-ring (bicyclic) bond motifs is 1. The largest absolute Gasteiger partial charge is 0.293 e. The lowest BCUT2D eigenvalue weighted by Crippen LogP contribution is -2.36. The van der Waals surface area contributed by atoms with Crippen LogP contribution in [0.25, 0.3) is 16.8 Å². The van der Waals surface area contributed by atoms with E-state index in [-0.39, 0.29) is 23.2 Å². The third-order valence-corrected chi connectivity index (χ3v) is 7.37. The highest BCUT2D eigenvalue weighted by atomic mass is 19.1. The minimum absolute atomic E-state index is 0.0904. The number of amides is 1. The van der Waals surface area contributed by atoms with Crippen molar-refractivity contribution in [1.82, 2.24) is 24.4 Å². The third-order valence-electron chi connectivity index (χ3n) is 7.37. The van der Waals surface area contributed by atoms with E-state index in [9.17, 15) is 14.4 Å². The Morgan fingerprint density at radius 2 is 1.91 bits per heavy atom. The smallest absolute Gasteiger partial charge is 0.249 e. The summed E-state index contributed by atoms with van der Waals surface area (Å²) in [7, 11) is 0. The van der Waals surface area contributed by atoms with Crippen LogP contribution in [0.5, 0.6) is 0 Å². The first-order valence-corrected chi connectivity index (χ1v) is 11.4. The fourth-order valence-corrected chi connectivity index (χ4v) is 5.39. The molecule has 9 heteroatoms. The van der Waals surface area contributed by atoms with Gasteiger partial charge in [0.05, 0.1) is 36.4 Å². The number of anilines is 1. The van der Waals surface area contributed by atoms with Gasteiger partial charge in [0.25, 0.3) is 0 Å². The predicted octanol–water partition coefficient (Wildman–Crippen LogP) is 3.89. The molecule has 1 saturated heterocycles. The first-order valence-electron chi connectivity index (χ1n) is 11.4. The first kappa shape index (κ1) is 19.4. The van der Waals surface area contributed by atoms with Crippen molar-refractivity contribution in [2.24, 2.45) is 11.3 Å².